The molecule has 0 N–H and O–H groups in total. The van der Waals surface area contributed by atoms with Gasteiger partial charge in [0.1, 0.15) is 0 Å². The van der Waals surface area contributed by atoms with E-state index in [1.54, 1.807) is 30.3 Å². The first-order valence-electron chi connectivity index (χ1n) is 4.58. The highest BCUT2D eigenvalue weighted by molar-refractivity contribution is 5.86. The average molecular weight is 221 g/mol. The van der Waals surface area contributed by atoms with Gasteiger partial charge in [0.2, 0.25) is 6.54 Å². The molecule has 16 heavy (non-hydrogen) atoms. The van der Waals surface area contributed by atoms with Crippen molar-refractivity contribution in [2.75, 3.05) is 7.11 Å². The van der Waals surface area contributed by atoms with Crippen molar-refractivity contribution in [1.82, 2.24) is 0 Å². The molecule has 5 heteroatoms. The van der Waals surface area contributed by atoms with E-state index >= 15 is 0 Å². The Kier molecular flexibility index (Phi) is 4.20. The summed E-state index contributed by atoms with van der Waals surface area (Å²) in [5.41, 5.74) is 1.32. The zero-order valence-electron chi connectivity index (χ0n) is 8.75. The first-order chi connectivity index (χ1) is 7.61. The molecule has 1 rings (SSSR count). The van der Waals surface area contributed by atoms with Gasteiger partial charge in [-0.1, -0.05) is 18.2 Å². The molecule has 1 aromatic rings. The van der Waals surface area contributed by atoms with Crippen LogP contribution in [0.4, 0.5) is 0 Å². The van der Waals surface area contributed by atoms with Gasteiger partial charge in [0.25, 0.3) is 0 Å². The van der Waals surface area contributed by atoms with Crippen LogP contribution in [0.3, 0.4) is 0 Å². The van der Waals surface area contributed by atoms with Crippen molar-refractivity contribution in [3.05, 3.63) is 51.6 Å². The summed E-state index contributed by atoms with van der Waals surface area (Å²) in [7, 11) is 1.29. The Hall–Kier alpha value is -2.17. The third kappa shape index (κ3) is 3.91. The van der Waals surface area contributed by atoms with Gasteiger partial charge in [0.15, 0.2) is 0 Å². The number of methoxy groups -OCH3 is 1. The van der Waals surface area contributed by atoms with E-state index in [0.29, 0.717) is 5.56 Å². The van der Waals surface area contributed by atoms with Crippen LogP contribution in [0.1, 0.15) is 11.1 Å². The van der Waals surface area contributed by atoms with Gasteiger partial charge in [-0.25, -0.2) is 4.79 Å². The second kappa shape index (κ2) is 5.65. The lowest BCUT2D eigenvalue weighted by Crippen LogP contribution is -1.98. The number of nitrogens with zero attached hydrogens (tertiary/aromatic N) is 1. The highest BCUT2D eigenvalue weighted by Crippen LogP contribution is 2.08. The molecule has 0 aromatic heterocycles. The molecular weight excluding hydrogens is 210 g/mol. The number of hydrogen-bond acceptors (Lipinski definition) is 4. The summed E-state index contributed by atoms with van der Waals surface area (Å²) in [6, 6.07) is 6.78. The molecule has 0 fully saturated rings. The predicted octanol–water partition coefficient (Wildman–Crippen LogP) is 1.65. The number of carbonyl (C=O) groups excluding carboxylic acids is 1. The van der Waals surface area contributed by atoms with Crippen LogP contribution in [0.15, 0.2) is 30.3 Å². The molecule has 0 unspecified atom stereocenters. The zero-order valence-corrected chi connectivity index (χ0v) is 8.75. The summed E-state index contributed by atoms with van der Waals surface area (Å²) < 4.78 is 4.43. The average Bonchev–Trinajstić information content (AvgIpc) is 2.25. The molecule has 84 valence electrons. The fourth-order valence-corrected chi connectivity index (χ4v) is 1.18. The number of hydrogen-bond donors (Lipinski definition) is 0. The number of rotatable bonds is 4. The van der Waals surface area contributed by atoms with Gasteiger partial charge in [-0.2, -0.15) is 0 Å². The minimum absolute atomic E-state index is 0.222. The Morgan fingerprint density at radius 2 is 2.31 bits per heavy atom. The highest BCUT2D eigenvalue weighted by Gasteiger charge is 2.01. The smallest absolute Gasteiger partial charge is 0.330 e. The lowest BCUT2D eigenvalue weighted by atomic mass is 10.1. The lowest BCUT2D eigenvalue weighted by Gasteiger charge is -1.97. The molecule has 0 spiro atoms. The Labute approximate surface area is 92.5 Å². The molecular formula is C11H11NO4. The maximum Gasteiger partial charge on any atom is 0.330 e. The number of carbonyl (C=O) groups is 1. The van der Waals surface area contributed by atoms with E-state index < -0.39 is 10.9 Å². The number of nitro groups is 1. The van der Waals surface area contributed by atoms with Gasteiger partial charge in [-0.15, -0.1) is 0 Å². The Bertz CT molecular complexity index is 426. The van der Waals surface area contributed by atoms with Crippen molar-refractivity contribution >= 4 is 12.0 Å². The topological polar surface area (TPSA) is 69.4 Å². The standard InChI is InChI=1S/C11H11NO4/c1-16-11(13)6-5-9-3-2-4-10(7-9)8-12(14)15/h2-7H,8H2,1H3/b6-5+. The molecule has 0 bridgehead atoms. The normalized spacial score (nSPS) is 10.3. The van der Waals surface area contributed by atoms with Gasteiger partial charge in [-0.3, -0.25) is 10.1 Å². The number of benzene rings is 1. The van der Waals surface area contributed by atoms with E-state index in [1.165, 1.54) is 13.2 Å². The quantitative estimate of drug-likeness (QED) is 0.335. The second-order valence-corrected chi connectivity index (χ2v) is 3.09. The minimum atomic E-state index is -0.459. The molecule has 0 saturated heterocycles. The molecule has 5 nitrogen and oxygen atoms in total. The van der Waals surface area contributed by atoms with Crippen LogP contribution in [0.5, 0.6) is 0 Å². The summed E-state index contributed by atoms with van der Waals surface area (Å²) in [5.74, 6) is -0.459. The van der Waals surface area contributed by atoms with Crippen molar-refractivity contribution in [2.45, 2.75) is 6.54 Å². The Morgan fingerprint density at radius 3 is 2.94 bits per heavy atom. The van der Waals surface area contributed by atoms with Gasteiger partial charge < -0.3 is 4.74 Å². The van der Waals surface area contributed by atoms with Crippen LogP contribution >= 0.6 is 0 Å². The van der Waals surface area contributed by atoms with E-state index in [9.17, 15) is 14.9 Å². The third-order valence-corrected chi connectivity index (χ3v) is 1.88. The predicted molar refractivity (Wildman–Crippen MR) is 58.2 cm³/mol. The van der Waals surface area contributed by atoms with Crippen molar-refractivity contribution in [3.8, 4) is 0 Å². The maximum atomic E-state index is 10.8. The van der Waals surface area contributed by atoms with Crippen LogP contribution in [0, 0.1) is 10.1 Å². The molecule has 1 aromatic carbocycles. The Morgan fingerprint density at radius 1 is 1.56 bits per heavy atom. The number of ether oxygens (including phenoxy) is 1. The van der Waals surface area contributed by atoms with Crippen LogP contribution in [-0.4, -0.2) is 18.0 Å². The van der Waals surface area contributed by atoms with E-state index in [1.807, 2.05) is 0 Å². The van der Waals surface area contributed by atoms with Crippen molar-refractivity contribution < 1.29 is 14.5 Å². The molecule has 0 saturated carbocycles. The third-order valence-electron chi connectivity index (χ3n) is 1.88. The largest absolute Gasteiger partial charge is 0.466 e. The summed E-state index contributed by atoms with van der Waals surface area (Å²) in [4.78, 5) is 20.7. The van der Waals surface area contributed by atoms with Crippen molar-refractivity contribution in [2.24, 2.45) is 0 Å². The van der Waals surface area contributed by atoms with Crippen LogP contribution in [0.2, 0.25) is 0 Å². The van der Waals surface area contributed by atoms with E-state index in [0.717, 1.165) is 5.56 Å². The fourth-order valence-electron chi connectivity index (χ4n) is 1.18. The highest BCUT2D eigenvalue weighted by atomic mass is 16.6. The monoisotopic (exact) mass is 221 g/mol. The maximum absolute atomic E-state index is 10.8. The molecule has 0 aliphatic heterocycles. The van der Waals surface area contributed by atoms with E-state index in [-0.39, 0.29) is 6.54 Å². The van der Waals surface area contributed by atoms with Crippen LogP contribution in [0.25, 0.3) is 6.08 Å². The van der Waals surface area contributed by atoms with Crippen molar-refractivity contribution in [3.63, 3.8) is 0 Å². The van der Waals surface area contributed by atoms with Crippen LogP contribution in [-0.2, 0) is 16.1 Å². The summed E-state index contributed by atoms with van der Waals surface area (Å²) in [5, 5.41) is 10.3. The summed E-state index contributed by atoms with van der Waals surface area (Å²) in [6.45, 7) is -0.222. The molecule has 0 radical (unpaired) electrons. The fraction of sp³-hybridized carbons (Fsp3) is 0.182. The van der Waals surface area contributed by atoms with Gasteiger partial charge in [0.05, 0.1) is 7.11 Å². The molecule has 0 atom stereocenters. The van der Waals surface area contributed by atoms with Gasteiger partial charge in [0, 0.05) is 16.6 Å². The number of esters is 1. The van der Waals surface area contributed by atoms with Crippen molar-refractivity contribution in [1.29, 1.82) is 0 Å². The molecule has 0 amide bonds. The lowest BCUT2D eigenvalue weighted by molar-refractivity contribution is -0.496. The van der Waals surface area contributed by atoms with Gasteiger partial charge in [-0.05, 0) is 17.7 Å². The summed E-state index contributed by atoms with van der Waals surface area (Å²) in [6.07, 6.45) is 2.82. The Balaban J connectivity index is 2.78. The van der Waals surface area contributed by atoms with Crippen LogP contribution < -0.4 is 0 Å². The molecule has 0 heterocycles. The molecule has 0 aliphatic rings. The molecule has 0 aliphatic carbocycles. The van der Waals surface area contributed by atoms with E-state index in [2.05, 4.69) is 4.74 Å². The minimum Gasteiger partial charge on any atom is -0.466 e. The van der Waals surface area contributed by atoms with E-state index in [4.69, 9.17) is 0 Å². The zero-order chi connectivity index (χ0) is 12.0. The SMILES string of the molecule is COC(=O)/C=C/c1cccc(C[N+](=O)[O-])c1. The second-order valence-electron chi connectivity index (χ2n) is 3.09. The van der Waals surface area contributed by atoms with Gasteiger partial charge >= 0.3 is 5.97 Å². The summed E-state index contributed by atoms with van der Waals surface area (Å²) >= 11 is 0. The first kappa shape index (κ1) is 11.9. The first-order valence-corrected chi connectivity index (χ1v) is 4.58.